The molecule has 4 nitrogen and oxygen atoms in total. The number of hydrogen-bond acceptors (Lipinski definition) is 3. The van der Waals surface area contributed by atoms with E-state index in [1.54, 1.807) is 24.3 Å². The Morgan fingerprint density at radius 1 is 1.25 bits per heavy atom. The van der Waals surface area contributed by atoms with Gasteiger partial charge in [0.15, 0.2) is 0 Å². The van der Waals surface area contributed by atoms with Gasteiger partial charge in [-0.05, 0) is 19.1 Å². The molecule has 1 amide bonds. The summed E-state index contributed by atoms with van der Waals surface area (Å²) in [5.41, 5.74) is 0.577. The molecular weight excluding hydrogens is 206 g/mol. The van der Waals surface area contributed by atoms with Crippen LogP contribution in [0.1, 0.15) is 17.3 Å². The van der Waals surface area contributed by atoms with Gasteiger partial charge in [0.1, 0.15) is 6.54 Å². The summed E-state index contributed by atoms with van der Waals surface area (Å²) in [6.07, 6.45) is 0. The van der Waals surface area contributed by atoms with Crippen molar-refractivity contribution >= 4 is 11.9 Å². The number of benzene rings is 1. The number of rotatable bonds is 4. The van der Waals surface area contributed by atoms with Crippen LogP contribution in [0.3, 0.4) is 0 Å². The van der Waals surface area contributed by atoms with Crippen LogP contribution in [0.15, 0.2) is 30.3 Å². The predicted octanol–water partition coefficient (Wildman–Crippen LogP) is 1.32. The number of carbonyl (C=O) groups is 2. The van der Waals surface area contributed by atoms with E-state index in [1.165, 1.54) is 12.0 Å². The highest BCUT2D eigenvalue weighted by molar-refractivity contribution is 5.95. The van der Waals surface area contributed by atoms with Crippen LogP contribution in [0.25, 0.3) is 0 Å². The molecular formula is C12H15NO3. The molecule has 0 saturated carbocycles. The second-order valence-electron chi connectivity index (χ2n) is 3.26. The highest BCUT2D eigenvalue weighted by Crippen LogP contribution is 2.04. The third kappa shape index (κ3) is 3.08. The molecule has 0 aliphatic carbocycles. The van der Waals surface area contributed by atoms with Gasteiger partial charge >= 0.3 is 5.97 Å². The van der Waals surface area contributed by atoms with Crippen LogP contribution in [0.2, 0.25) is 0 Å². The third-order valence-electron chi connectivity index (χ3n) is 2.24. The van der Waals surface area contributed by atoms with Crippen molar-refractivity contribution in [3.05, 3.63) is 35.9 Å². The van der Waals surface area contributed by atoms with E-state index in [9.17, 15) is 9.59 Å². The largest absolute Gasteiger partial charge is 0.468 e. The van der Waals surface area contributed by atoms with E-state index in [0.29, 0.717) is 12.1 Å². The van der Waals surface area contributed by atoms with Gasteiger partial charge < -0.3 is 9.64 Å². The molecule has 1 aromatic rings. The lowest BCUT2D eigenvalue weighted by atomic mass is 10.2. The van der Waals surface area contributed by atoms with Gasteiger partial charge in [-0.2, -0.15) is 0 Å². The highest BCUT2D eigenvalue weighted by atomic mass is 16.5. The Kier molecular flexibility index (Phi) is 4.51. The molecule has 0 N–H and O–H groups in total. The van der Waals surface area contributed by atoms with Crippen molar-refractivity contribution < 1.29 is 14.3 Å². The molecule has 0 spiro atoms. The molecule has 0 fully saturated rings. The molecule has 0 aliphatic rings. The minimum atomic E-state index is -0.411. The Labute approximate surface area is 94.8 Å². The van der Waals surface area contributed by atoms with E-state index >= 15 is 0 Å². The molecule has 86 valence electrons. The fourth-order valence-electron chi connectivity index (χ4n) is 1.31. The van der Waals surface area contributed by atoms with Crippen molar-refractivity contribution in [1.82, 2.24) is 4.90 Å². The maximum Gasteiger partial charge on any atom is 0.325 e. The standard InChI is InChI=1S/C12H15NO3/c1-3-13(9-11(14)16-2)12(15)10-7-5-4-6-8-10/h4-8H,3,9H2,1-2H3. The van der Waals surface area contributed by atoms with Crippen LogP contribution in [0.4, 0.5) is 0 Å². The van der Waals surface area contributed by atoms with Crippen LogP contribution in [0, 0.1) is 0 Å². The van der Waals surface area contributed by atoms with Crippen molar-refractivity contribution in [1.29, 1.82) is 0 Å². The van der Waals surface area contributed by atoms with Crippen molar-refractivity contribution in [3.8, 4) is 0 Å². The summed E-state index contributed by atoms with van der Waals surface area (Å²) in [4.78, 5) is 24.5. The number of nitrogens with zero attached hydrogens (tertiary/aromatic N) is 1. The fraction of sp³-hybridized carbons (Fsp3) is 0.333. The Hall–Kier alpha value is -1.84. The average Bonchev–Trinajstić information content (AvgIpc) is 2.35. The van der Waals surface area contributed by atoms with E-state index in [4.69, 9.17) is 0 Å². The smallest absolute Gasteiger partial charge is 0.325 e. The molecule has 4 heteroatoms. The molecule has 0 atom stereocenters. The predicted molar refractivity (Wildman–Crippen MR) is 60.0 cm³/mol. The van der Waals surface area contributed by atoms with Gasteiger partial charge in [0.2, 0.25) is 0 Å². The molecule has 0 bridgehead atoms. The van der Waals surface area contributed by atoms with Gasteiger partial charge in [-0.25, -0.2) is 0 Å². The van der Waals surface area contributed by atoms with Crippen molar-refractivity contribution in [3.63, 3.8) is 0 Å². The molecule has 0 radical (unpaired) electrons. The zero-order valence-electron chi connectivity index (χ0n) is 9.47. The van der Waals surface area contributed by atoms with Gasteiger partial charge in [-0.1, -0.05) is 18.2 Å². The lowest BCUT2D eigenvalue weighted by Crippen LogP contribution is -2.35. The molecule has 0 unspecified atom stereocenters. The van der Waals surface area contributed by atoms with E-state index in [1.807, 2.05) is 13.0 Å². The van der Waals surface area contributed by atoms with Crippen LogP contribution >= 0.6 is 0 Å². The lowest BCUT2D eigenvalue weighted by Gasteiger charge is -2.19. The van der Waals surface area contributed by atoms with Gasteiger partial charge in [0.05, 0.1) is 7.11 Å². The summed E-state index contributed by atoms with van der Waals surface area (Å²) >= 11 is 0. The first-order valence-electron chi connectivity index (χ1n) is 5.10. The number of esters is 1. The zero-order chi connectivity index (χ0) is 12.0. The quantitative estimate of drug-likeness (QED) is 0.720. The summed E-state index contributed by atoms with van der Waals surface area (Å²) in [5.74, 6) is -0.570. The highest BCUT2D eigenvalue weighted by Gasteiger charge is 2.16. The fourth-order valence-corrected chi connectivity index (χ4v) is 1.31. The SMILES string of the molecule is CCN(CC(=O)OC)C(=O)c1ccccc1. The van der Waals surface area contributed by atoms with Gasteiger partial charge in [-0.15, -0.1) is 0 Å². The molecule has 16 heavy (non-hydrogen) atoms. The average molecular weight is 221 g/mol. The molecule has 1 aromatic carbocycles. The Morgan fingerprint density at radius 2 is 1.88 bits per heavy atom. The molecule has 0 saturated heterocycles. The van der Waals surface area contributed by atoms with E-state index in [0.717, 1.165) is 0 Å². The monoisotopic (exact) mass is 221 g/mol. The first kappa shape index (κ1) is 12.2. The summed E-state index contributed by atoms with van der Waals surface area (Å²) in [5, 5.41) is 0. The van der Waals surface area contributed by atoms with Crippen molar-refractivity contribution in [2.75, 3.05) is 20.2 Å². The van der Waals surface area contributed by atoms with Gasteiger partial charge in [0, 0.05) is 12.1 Å². The first-order valence-corrected chi connectivity index (χ1v) is 5.10. The number of carbonyl (C=O) groups excluding carboxylic acids is 2. The Bertz CT molecular complexity index is 362. The minimum absolute atomic E-state index is 0.0132. The molecule has 0 heterocycles. The van der Waals surface area contributed by atoms with Gasteiger partial charge in [-0.3, -0.25) is 9.59 Å². The Morgan fingerprint density at radius 3 is 2.38 bits per heavy atom. The number of ether oxygens (including phenoxy) is 1. The minimum Gasteiger partial charge on any atom is -0.468 e. The van der Waals surface area contributed by atoms with Crippen LogP contribution in [-0.4, -0.2) is 37.0 Å². The van der Waals surface area contributed by atoms with Crippen LogP contribution < -0.4 is 0 Å². The normalized spacial score (nSPS) is 9.62. The zero-order valence-corrected chi connectivity index (χ0v) is 9.47. The topological polar surface area (TPSA) is 46.6 Å². The van der Waals surface area contributed by atoms with Crippen LogP contribution in [0.5, 0.6) is 0 Å². The van der Waals surface area contributed by atoms with Crippen LogP contribution in [-0.2, 0) is 9.53 Å². The third-order valence-corrected chi connectivity index (χ3v) is 2.24. The first-order chi connectivity index (χ1) is 7.69. The van der Waals surface area contributed by atoms with E-state index in [2.05, 4.69) is 4.74 Å². The summed E-state index contributed by atoms with van der Waals surface area (Å²) in [6, 6.07) is 8.87. The molecule has 0 aliphatic heterocycles. The van der Waals surface area contributed by atoms with Gasteiger partial charge in [0.25, 0.3) is 5.91 Å². The maximum absolute atomic E-state index is 11.9. The Balaban J connectivity index is 2.74. The van der Waals surface area contributed by atoms with E-state index < -0.39 is 5.97 Å². The van der Waals surface area contributed by atoms with Crippen molar-refractivity contribution in [2.45, 2.75) is 6.92 Å². The number of amides is 1. The lowest BCUT2D eigenvalue weighted by molar-refractivity contribution is -0.141. The summed E-state index contributed by atoms with van der Waals surface area (Å²) in [6.45, 7) is 2.29. The molecule has 0 aromatic heterocycles. The second kappa shape index (κ2) is 5.90. The van der Waals surface area contributed by atoms with E-state index in [-0.39, 0.29) is 12.5 Å². The molecule has 1 rings (SSSR count). The number of methoxy groups -OCH3 is 1. The number of hydrogen-bond donors (Lipinski definition) is 0. The number of likely N-dealkylation sites (N-methyl/N-ethyl adjacent to an activating group) is 1. The summed E-state index contributed by atoms with van der Waals surface area (Å²) < 4.78 is 4.54. The maximum atomic E-state index is 11.9. The summed E-state index contributed by atoms with van der Waals surface area (Å²) in [7, 11) is 1.31. The van der Waals surface area contributed by atoms with Crippen molar-refractivity contribution in [2.24, 2.45) is 0 Å². The second-order valence-corrected chi connectivity index (χ2v) is 3.26.